The Bertz CT molecular complexity index is 1080. The van der Waals surface area contributed by atoms with Crippen molar-refractivity contribution in [2.75, 3.05) is 39.8 Å². The van der Waals surface area contributed by atoms with Crippen molar-refractivity contribution in [3.63, 3.8) is 0 Å². The van der Waals surface area contributed by atoms with Crippen molar-refractivity contribution in [3.8, 4) is 11.6 Å². The molecule has 0 bridgehead atoms. The van der Waals surface area contributed by atoms with E-state index in [2.05, 4.69) is 29.0 Å². The Balaban J connectivity index is 1.61. The van der Waals surface area contributed by atoms with Crippen molar-refractivity contribution >= 4 is 16.6 Å². The number of hydrogen-bond donors (Lipinski definition) is 0. The van der Waals surface area contributed by atoms with Crippen molar-refractivity contribution in [1.82, 2.24) is 14.4 Å². The van der Waals surface area contributed by atoms with Crippen LogP contribution in [-0.4, -0.2) is 59.1 Å². The Kier molecular flexibility index (Phi) is 6.25. The number of fused-ring (bicyclic) bond motifs is 1. The Labute approximate surface area is 183 Å². The summed E-state index contributed by atoms with van der Waals surface area (Å²) in [6.45, 7) is 7.31. The van der Waals surface area contributed by atoms with Gasteiger partial charge in [0.25, 0.3) is 0 Å². The van der Waals surface area contributed by atoms with Crippen LogP contribution in [0, 0.1) is 17.0 Å². The standard InChI is InChI=1S/C24H30N4O3/c1-18-10-11-23(22(17-18)28(29)30)31-24-20(19-7-4-5-9-21(19)26(24)3)8-6-12-27-15-13-25(2)14-16-27/h4-5,7,9-11,17H,6,8,12-16H2,1-3H3. The highest BCUT2D eigenvalue weighted by atomic mass is 16.6. The van der Waals surface area contributed by atoms with Crippen LogP contribution < -0.4 is 4.74 Å². The molecule has 0 N–H and O–H groups in total. The van der Waals surface area contributed by atoms with Gasteiger partial charge in [-0.2, -0.15) is 0 Å². The third kappa shape index (κ3) is 4.57. The zero-order chi connectivity index (χ0) is 22.0. The summed E-state index contributed by atoms with van der Waals surface area (Å²) in [5.41, 5.74) is 3.01. The number of aromatic nitrogens is 1. The van der Waals surface area contributed by atoms with Crippen LogP contribution in [0.15, 0.2) is 42.5 Å². The first kappa shape index (κ1) is 21.3. The van der Waals surface area contributed by atoms with E-state index in [0.29, 0.717) is 5.88 Å². The highest BCUT2D eigenvalue weighted by Gasteiger charge is 2.22. The van der Waals surface area contributed by atoms with Crippen LogP contribution in [0.2, 0.25) is 0 Å². The maximum atomic E-state index is 11.6. The van der Waals surface area contributed by atoms with E-state index in [1.165, 1.54) is 0 Å². The molecule has 1 fully saturated rings. The van der Waals surface area contributed by atoms with E-state index in [0.717, 1.165) is 67.6 Å². The minimum absolute atomic E-state index is 0.00589. The molecule has 4 rings (SSSR count). The number of aryl methyl sites for hydroxylation is 3. The van der Waals surface area contributed by atoms with Crippen molar-refractivity contribution < 1.29 is 9.66 Å². The van der Waals surface area contributed by atoms with Gasteiger partial charge in [0.15, 0.2) is 0 Å². The molecule has 7 heteroatoms. The fourth-order valence-electron chi connectivity index (χ4n) is 4.33. The van der Waals surface area contributed by atoms with Gasteiger partial charge in [0.1, 0.15) is 0 Å². The molecular formula is C24H30N4O3. The molecule has 2 aromatic carbocycles. The fraction of sp³-hybridized carbons (Fsp3) is 0.417. The van der Waals surface area contributed by atoms with Crippen molar-refractivity contribution in [2.45, 2.75) is 19.8 Å². The number of nitrogens with zero attached hydrogens (tertiary/aromatic N) is 4. The van der Waals surface area contributed by atoms with Crippen LogP contribution in [0.4, 0.5) is 5.69 Å². The molecule has 31 heavy (non-hydrogen) atoms. The normalized spacial score (nSPS) is 15.5. The Morgan fingerprint density at radius 1 is 1.06 bits per heavy atom. The number of rotatable bonds is 7. The van der Waals surface area contributed by atoms with Gasteiger partial charge in [-0.15, -0.1) is 0 Å². The average Bonchev–Trinajstić information content (AvgIpc) is 3.02. The van der Waals surface area contributed by atoms with Gasteiger partial charge in [0.05, 0.1) is 10.4 Å². The quantitative estimate of drug-likeness (QED) is 0.418. The lowest BCUT2D eigenvalue weighted by Crippen LogP contribution is -2.44. The van der Waals surface area contributed by atoms with Crippen molar-refractivity contribution in [1.29, 1.82) is 0 Å². The van der Waals surface area contributed by atoms with E-state index in [1.807, 2.05) is 36.7 Å². The molecule has 2 heterocycles. The summed E-state index contributed by atoms with van der Waals surface area (Å²) in [6.07, 6.45) is 1.88. The second-order valence-electron chi connectivity index (χ2n) is 8.44. The lowest BCUT2D eigenvalue weighted by atomic mass is 10.1. The number of piperazine rings is 1. The molecular weight excluding hydrogens is 392 g/mol. The third-order valence-electron chi connectivity index (χ3n) is 6.17. The molecule has 0 radical (unpaired) electrons. The number of ether oxygens (including phenoxy) is 1. The van der Waals surface area contributed by atoms with Gasteiger partial charge < -0.3 is 19.1 Å². The van der Waals surface area contributed by atoms with Gasteiger partial charge in [-0.1, -0.05) is 24.3 Å². The lowest BCUT2D eigenvalue weighted by molar-refractivity contribution is -0.385. The molecule has 0 atom stereocenters. The first-order valence-corrected chi connectivity index (χ1v) is 10.8. The number of benzene rings is 2. The SMILES string of the molecule is Cc1ccc(Oc2c(CCCN3CCN(C)CC3)c3ccccc3n2C)c([N+](=O)[O-])c1. The zero-order valence-corrected chi connectivity index (χ0v) is 18.5. The van der Waals surface area contributed by atoms with Crippen LogP contribution in [0.1, 0.15) is 17.5 Å². The van der Waals surface area contributed by atoms with Crippen LogP contribution in [0.25, 0.3) is 10.9 Å². The van der Waals surface area contributed by atoms with Crippen molar-refractivity contribution in [3.05, 3.63) is 63.7 Å². The lowest BCUT2D eigenvalue weighted by Gasteiger charge is -2.32. The van der Waals surface area contributed by atoms with E-state index >= 15 is 0 Å². The van der Waals surface area contributed by atoms with E-state index in [1.54, 1.807) is 12.1 Å². The van der Waals surface area contributed by atoms with E-state index in [-0.39, 0.29) is 16.4 Å². The predicted octanol–water partition coefficient (Wildman–Crippen LogP) is 4.37. The third-order valence-corrected chi connectivity index (χ3v) is 6.17. The molecule has 0 aliphatic carbocycles. The van der Waals surface area contributed by atoms with E-state index in [4.69, 9.17) is 4.74 Å². The van der Waals surface area contributed by atoms with Gasteiger partial charge in [0, 0.05) is 50.2 Å². The first-order chi connectivity index (χ1) is 14.9. The largest absolute Gasteiger partial charge is 0.433 e. The first-order valence-electron chi connectivity index (χ1n) is 10.8. The number of nitro groups is 1. The average molecular weight is 423 g/mol. The maximum Gasteiger partial charge on any atom is 0.311 e. The molecule has 0 saturated carbocycles. The number of para-hydroxylation sites is 1. The van der Waals surface area contributed by atoms with E-state index in [9.17, 15) is 10.1 Å². The molecule has 0 spiro atoms. The molecule has 0 amide bonds. The number of likely N-dealkylation sites (N-methyl/N-ethyl adjacent to an activating group) is 1. The fourth-order valence-corrected chi connectivity index (χ4v) is 4.33. The molecule has 1 aliphatic heterocycles. The van der Waals surface area contributed by atoms with Gasteiger partial charge in [-0.3, -0.25) is 10.1 Å². The van der Waals surface area contributed by atoms with E-state index < -0.39 is 0 Å². The molecule has 7 nitrogen and oxygen atoms in total. The summed E-state index contributed by atoms with van der Waals surface area (Å²) in [7, 11) is 4.13. The smallest absolute Gasteiger partial charge is 0.311 e. The topological polar surface area (TPSA) is 63.8 Å². The highest BCUT2D eigenvalue weighted by molar-refractivity contribution is 5.87. The summed E-state index contributed by atoms with van der Waals surface area (Å²) in [4.78, 5) is 16.1. The van der Waals surface area contributed by atoms with Gasteiger partial charge >= 0.3 is 5.69 Å². The zero-order valence-electron chi connectivity index (χ0n) is 18.5. The molecule has 1 aliphatic rings. The van der Waals surface area contributed by atoms with Crippen molar-refractivity contribution in [2.24, 2.45) is 7.05 Å². The summed E-state index contributed by atoms with van der Waals surface area (Å²) >= 11 is 0. The second-order valence-corrected chi connectivity index (χ2v) is 8.44. The Hall–Kier alpha value is -2.90. The minimum Gasteiger partial charge on any atom is -0.433 e. The van der Waals surface area contributed by atoms with Gasteiger partial charge in [-0.05, 0) is 51.1 Å². The van der Waals surface area contributed by atoms with Crippen LogP contribution in [-0.2, 0) is 13.5 Å². The highest BCUT2D eigenvalue weighted by Crippen LogP contribution is 2.38. The molecule has 1 aromatic heterocycles. The molecule has 3 aromatic rings. The summed E-state index contributed by atoms with van der Waals surface area (Å²) < 4.78 is 8.23. The Morgan fingerprint density at radius 3 is 2.55 bits per heavy atom. The van der Waals surface area contributed by atoms with Gasteiger partial charge in [-0.25, -0.2) is 0 Å². The van der Waals surface area contributed by atoms with Crippen LogP contribution in [0.5, 0.6) is 11.6 Å². The maximum absolute atomic E-state index is 11.6. The van der Waals surface area contributed by atoms with Crippen LogP contribution >= 0.6 is 0 Å². The number of nitro benzene ring substituents is 1. The molecule has 164 valence electrons. The molecule has 0 unspecified atom stereocenters. The number of hydrogen-bond acceptors (Lipinski definition) is 5. The Morgan fingerprint density at radius 2 is 1.81 bits per heavy atom. The predicted molar refractivity (Wildman–Crippen MR) is 123 cm³/mol. The monoisotopic (exact) mass is 422 g/mol. The summed E-state index contributed by atoms with van der Waals surface area (Å²) in [5.74, 6) is 0.966. The van der Waals surface area contributed by atoms with Gasteiger partial charge in [0.2, 0.25) is 11.6 Å². The summed E-state index contributed by atoms with van der Waals surface area (Å²) in [6, 6.07) is 13.3. The minimum atomic E-state index is -0.377. The van der Waals surface area contributed by atoms with Crippen LogP contribution in [0.3, 0.4) is 0 Å². The molecule has 1 saturated heterocycles. The second kappa shape index (κ2) is 9.08. The summed E-state index contributed by atoms with van der Waals surface area (Å²) in [5, 5.41) is 12.7.